The Bertz CT molecular complexity index is 1330. The van der Waals surface area contributed by atoms with E-state index in [1.54, 1.807) is 13.8 Å². The number of hydrogen-bond donors (Lipinski definition) is 9. The summed E-state index contributed by atoms with van der Waals surface area (Å²) in [7, 11) is 0. The highest BCUT2D eigenvalue weighted by Crippen LogP contribution is 2.89. The molecule has 0 aromatic carbocycles. The average Bonchev–Trinajstić information content (AvgIpc) is 3.71. The second kappa shape index (κ2) is 13.8. The molecule has 2 spiro atoms. The lowest BCUT2D eigenvalue weighted by molar-refractivity contribution is -0.356. The van der Waals surface area contributed by atoms with E-state index < -0.39 is 78.5 Å². The third-order valence-electron chi connectivity index (χ3n) is 17.0. The molecule has 306 valence electrons. The minimum absolute atomic E-state index is 0.0408. The topological polar surface area (TPSA) is 219 Å². The Morgan fingerprint density at radius 2 is 1.36 bits per heavy atom. The van der Waals surface area contributed by atoms with E-state index in [1.807, 2.05) is 0 Å². The maximum Gasteiger partial charge on any atom is 0.186 e. The zero-order chi connectivity index (χ0) is 38.7. The van der Waals surface area contributed by atoms with Crippen LogP contribution in [0.5, 0.6) is 0 Å². The third-order valence-corrected chi connectivity index (χ3v) is 17.0. The number of ether oxygens (including phenoxy) is 4. The summed E-state index contributed by atoms with van der Waals surface area (Å²) < 4.78 is 24.0. The maximum atomic E-state index is 11.8. The fourth-order valence-electron chi connectivity index (χ4n) is 13.9. The van der Waals surface area contributed by atoms with Gasteiger partial charge < -0.3 is 64.9 Å². The van der Waals surface area contributed by atoms with Gasteiger partial charge in [0.1, 0.15) is 36.6 Å². The van der Waals surface area contributed by atoms with Crippen molar-refractivity contribution in [3.63, 3.8) is 0 Å². The summed E-state index contributed by atoms with van der Waals surface area (Å²) in [5, 5.41) is 96.1. The van der Waals surface area contributed by atoms with Crippen molar-refractivity contribution in [2.45, 2.75) is 179 Å². The van der Waals surface area contributed by atoms with Gasteiger partial charge in [0, 0.05) is 5.41 Å². The lowest BCUT2D eigenvalue weighted by Crippen LogP contribution is -2.63. The van der Waals surface area contributed by atoms with Crippen LogP contribution in [0.15, 0.2) is 0 Å². The third kappa shape index (κ3) is 6.04. The van der Waals surface area contributed by atoms with E-state index in [2.05, 4.69) is 27.7 Å². The summed E-state index contributed by atoms with van der Waals surface area (Å²) in [6.45, 7) is 11.8. The smallest absolute Gasteiger partial charge is 0.186 e. The molecule has 5 saturated carbocycles. The molecule has 13 nitrogen and oxygen atoms in total. The standard InChI is InChI=1S/C40H68O13/c1-20(7-10-26(45)35(2,3)49)28-21(42)15-38(6)25-9-8-24-36(4,19-41)27(11-12-39(24)18-40(25,39)14-13-37(28,38)5)52-34-32(30(47)23(44)17-51-34)53-33-31(48)29(46)22(43)16-50-33/h20-34,41-49H,7-19H2,1-6H3/t20?,21-,22+,23+,24?,25-,26?,27?,28?,29+,30+,31+,32+,33-,34-,36+,37+,38?,39+,40-/m0/s1. The molecule has 7 aliphatic rings. The Morgan fingerprint density at radius 3 is 2.02 bits per heavy atom. The highest BCUT2D eigenvalue weighted by molar-refractivity contribution is 5.31. The van der Waals surface area contributed by atoms with Gasteiger partial charge in [0.25, 0.3) is 0 Å². The summed E-state index contributed by atoms with van der Waals surface area (Å²) in [5.41, 5.74) is -1.78. The molecule has 2 aliphatic heterocycles. The van der Waals surface area contributed by atoms with Crippen LogP contribution in [0.25, 0.3) is 0 Å². The van der Waals surface area contributed by atoms with E-state index in [1.165, 1.54) is 0 Å². The summed E-state index contributed by atoms with van der Waals surface area (Å²) in [6.07, 6.45) is -4.04. The highest BCUT2D eigenvalue weighted by Gasteiger charge is 2.83. The largest absolute Gasteiger partial charge is 0.396 e. The summed E-state index contributed by atoms with van der Waals surface area (Å²) in [6, 6.07) is 0. The molecule has 6 unspecified atom stereocenters. The first kappa shape index (κ1) is 40.7. The summed E-state index contributed by atoms with van der Waals surface area (Å²) >= 11 is 0. The van der Waals surface area contributed by atoms with Gasteiger partial charge >= 0.3 is 0 Å². The molecular weight excluding hydrogens is 688 g/mol. The van der Waals surface area contributed by atoms with E-state index >= 15 is 0 Å². The van der Waals surface area contributed by atoms with Crippen LogP contribution < -0.4 is 0 Å². The molecule has 0 radical (unpaired) electrons. The molecule has 53 heavy (non-hydrogen) atoms. The van der Waals surface area contributed by atoms with Gasteiger partial charge in [-0.15, -0.1) is 0 Å². The van der Waals surface area contributed by atoms with Crippen LogP contribution in [-0.4, -0.2) is 139 Å². The molecule has 0 amide bonds. The molecule has 9 N–H and O–H groups in total. The molecule has 0 bridgehead atoms. The van der Waals surface area contributed by atoms with E-state index in [4.69, 9.17) is 18.9 Å². The van der Waals surface area contributed by atoms with Gasteiger partial charge in [-0.25, -0.2) is 0 Å². The van der Waals surface area contributed by atoms with Crippen molar-refractivity contribution in [2.75, 3.05) is 19.8 Å². The van der Waals surface area contributed by atoms with Crippen LogP contribution in [0, 0.1) is 50.7 Å². The van der Waals surface area contributed by atoms with Crippen molar-refractivity contribution in [1.29, 1.82) is 0 Å². The van der Waals surface area contributed by atoms with Crippen molar-refractivity contribution in [1.82, 2.24) is 0 Å². The van der Waals surface area contributed by atoms with Crippen LogP contribution in [0.4, 0.5) is 0 Å². The lowest BCUT2D eigenvalue weighted by atomic mass is 9.41. The molecule has 5 aliphatic carbocycles. The first-order chi connectivity index (χ1) is 24.7. The van der Waals surface area contributed by atoms with Crippen molar-refractivity contribution in [3.8, 4) is 0 Å². The SMILES string of the molecule is CC(CCC(O)C(C)(C)O)C1[C@@H](O)CC2(C)[C@@H]3CCC4[C@@](C)(CO)C(O[C@@H]5OC[C@@H](O)[C@@H](O)[C@H]5O[C@@H]5OC[C@@H](O)[C@@H](O)[C@H]5O)CC[C@@]45C[C@@]35CC[C@]12C. The molecule has 7 fully saturated rings. The average molecular weight is 757 g/mol. The lowest BCUT2D eigenvalue weighted by Gasteiger charge is -2.63. The summed E-state index contributed by atoms with van der Waals surface area (Å²) in [5.74, 6) is 0.903. The van der Waals surface area contributed by atoms with E-state index in [0.29, 0.717) is 18.8 Å². The Morgan fingerprint density at radius 1 is 0.736 bits per heavy atom. The van der Waals surface area contributed by atoms with Gasteiger partial charge in [-0.2, -0.15) is 0 Å². The molecule has 2 heterocycles. The van der Waals surface area contributed by atoms with E-state index in [0.717, 1.165) is 51.4 Å². The second-order valence-corrected chi connectivity index (χ2v) is 20.0. The fraction of sp³-hybridized carbons (Fsp3) is 1.00. The van der Waals surface area contributed by atoms with Gasteiger partial charge in [0.05, 0.1) is 43.7 Å². The number of hydrogen-bond acceptors (Lipinski definition) is 13. The molecular formula is C40H68O13. The van der Waals surface area contributed by atoms with E-state index in [9.17, 15) is 46.0 Å². The highest BCUT2D eigenvalue weighted by atomic mass is 16.7. The van der Waals surface area contributed by atoms with Crippen LogP contribution in [0.1, 0.15) is 106 Å². The first-order valence-corrected chi connectivity index (χ1v) is 20.3. The minimum atomic E-state index is -1.60. The van der Waals surface area contributed by atoms with Crippen LogP contribution >= 0.6 is 0 Å². The predicted octanol–water partition coefficient (Wildman–Crippen LogP) is 1.20. The normalized spacial score (nSPS) is 55.0. The van der Waals surface area contributed by atoms with Gasteiger partial charge in [-0.3, -0.25) is 0 Å². The molecule has 0 aromatic rings. The fourth-order valence-corrected chi connectivity index (χ4v) is 13.9. The van der Waals surface area contributed by atoms with Crippen molar-refractivity contribution in [3.05, 3.63) is 0 Å². The van der Waals surface area contributed by atoms with Gasteiger partial charge in [0.15, 0.2) is 12.6 Å². The Balaban J connectivity index is 1.08. The van der Waals surface area contributed by atoms with Crippen molar-refractivity contribution >= 4 is 0 Å². The Labute approximate surface area is 314 Å². The Kier molecular flexibility index (Phi) is 10.6. The van der Waals surface area contributed by atoms with E-state index in [-0.39, 0.29) is 59.2 Å². The number of rotatable bonds is 10. The quantitative estimate of drug-likeness (QED) is 0.143. The molecule has 13 heteroatoms. The second-order valence-electron chi connectivity index (χ2n) is 20.0. The molecule has 2 saturated heterocycles. The molecule has 7 rings (SSSR count). The van der Waals surface area contributed by atoms with Crippen molar-refractivity contribution < 1.29 is 64.9 Å². The molecule has 20 atom stereocenters. The number of fused-ring (bicyclic) bond motifs is 2. The predicted molar refractivity (Wildman–Crippen MR) is 190 cm³/mol. The van der Waals surface area contributed by atoms with Crippen molar-refractivity contribution in [2.24, 2.45) is 50.7 Å². The van der Waals surface area contributed by atoms with Gasteiger partial charge in [-0.1, -0.05) is 27.7 Å². The zero-order valence-electron chi connectivity index (χ0n) is 32.5. The molecule has 0 aromatic heterocycles. The number of aliphatic hydroxyl groups is 9. The monoisotopic (exact) mass is 756 g/mol. The first-order valence-electron chi connectivity index (χ1n) is 20.3. The zero-order valence-corrected chi connectivity index (χ0v) is 32.5. The minimum Gasteiger partial charge on any atom is -0.396 e. The van der Waals surface area contributed by atoms with Crippen LogP contribution in [-0.2, 0) is 18.9 Å². The Hall–Kier alpha value is -0.520. The van der Waals surface area contributed by atoms with Crippen LogP contribution in [0.2, 0.25) is 0 Å². The maximum absolute atomic E-state index is 11.8. The number of aliphatic hydroxyl groups excluding tert-OH is 8. The summed E-state index contributed by atoms with van der Waals surface area (Å²) in [4.78, 5) is 0. The van der Waals surface area contributed by atoms with Gasteiger partial charge in [0.2, 0.25) is 0 Å². The van der Waals surface area contributed by atoms with Gasteiger partial charge in [-0.05, 0) is 123 Å². The van der Waals surface area contributed by atoms with Crippen LogP contribution in [0.3, 0.4) is 0 Å².